The summed E-state index contributed by atoms with van der Waals surface area (Å²) in [6.07, 6.45) is 3.47. The van der Waals surface area contributed by atoms with Crippen molar-refractivity contribution < 1.29 is 18.9 Å². The fraction of sp³-hybridized carbons (Fsp3) is 0.227. The summed E-state index contributed by atoms with van der Waals surface area (Å²) in [6, 6.07) is 13.2. The number of methoxy groups -OCH3 is 2. The SMILES string of the molecule is C=CCOc1ccc(/C=C(\C#N)c2ccc(OC)c(OC)c2)cc1OCC. The molecule has 140 valence electrons. The molecule has 0 spiro atoms. The minimum atomic E-state index is 0.393. The van der Waals surface area contributed by atoms with Crippen molar-refractivity contribution in [1.29, 1.82) is 5.26 Å². The maximum absolute atomic E-state index is 9.62. The van der Waals surface area contributed by atoms with Gasteiger partial charge in [0.05, 0.1) is 32.5 Å². The molecule has 0 aliphatic heterocycles. The van der Waals surface area contributed by atoms with E-state index in [0.717, 1.165) is 11.1 Å². The van der Waals surface area contributed by atoms with E-state index < -0.39 is 0 Å². The summed E-state index contributed by atoms with van der Waals surface area (Å²) < 4.78 is 21.8. The van der Waals surface area contributed by atoms with Crippen molar-refractivity contribution in [3.63, 3.8) is 0 Å². The van der Waals surface area contributed by atoms with Gasteiger partial charge in [0.2, 0.25) is 0 Å². The highest BCUT2D eigenvalue weighted by Gasteiger charge is 2.10. The summed E-state index contributed by atoms with van der Waals surface area (Å²) in [5.41, 5.74) is 2.06. The standard InChI is InChI=1S/C22H23NO4/c1-5-11-27-20-9-7-16(13-22(20)26-6-2)12-18(15-23)17-8-10-19(24-3)21(14-17)25-4/h5,7-10,12-14H,1,6,11H2,2-4H3/b18-12+. The van der Waals surface area contributed by atoms with Crippen LogP contribution in [-0.4, -0.2) is 27.4 Å². The van der Waals surface area contributed by atoms with E-state index in [9.17, 15) is 5.26 Å². The van der Waals surface area contributed by atoms with E-state index in [1.807, 2.05) is 31.2 Å². The predicted molar refractivity (Wildman–Crippen MR) is 106 cm³/mol. The van der Waals surface area contributed by atoms with Gasteiger partial charge in [-0.3, -0.25) is 0 Å². The molecule has 0 aliphatic rings. The summed E-state index contributed by atoms with van der Waals surface area (Å²) >= 11 is 0. The van der Waals surface area contributed by atoms with Gasteiger partial charge in [-0.2, -0.15) is 5.26 Å². The summed E-state index contributed by atoms with van der Waals surface area (Å²) in [6.45, 7) is 6.46. The van der Waals surface area contributed by atoms with Gasteiger partial charge >= 0.3 is 0 Å². The Hall–Kier alpha value is -3.39. The van der Waals surface area contributed by atoms with Crippen LogP contribution in [-0.2, 0) is 0 Å². The Kier molecular flexibility index (Phi) is 7.33. The second kappa shape index (κ2) is 9.93. The second-order valence-electron chi connectivity index (χ2n) is 5.48. The first-order valence-electron chi connectivity index (χ1n) is 8.51. The van der Waals surface area contributed by atoms with Crippen molar-refractivity contribution in [2.75, 3.05) is 27.4 Å². The van der Waals surface area contributed by atoms with Crippen LogP contribution in [0.5, 0.6) is 23.0 Å². The first-order chi connectivity index (χ1) is 13.2. The van der Waals surface area contributed by atoms with E-state index in [1.165, 1.54) is 0 Å². The van der Waals surface area contributed by atoms with Crippen LogP contribution in [0.15, 0.2) is 49.1 Å². The Morgan fingerprint density at radius 2 is 1.74 bits per heavy atom. The number of nitrogens with zero attached hydrogens (tertiary/aromatic N) is 1. The topological polar surface area (TPSA) is 60.7 Å². The Balaban J connectivity index is 2.41. The molecular formula is C22H23NO4. The van der Waals surface area contributed by atoms with E-state index in [0.29, 0.717) is 41.8 Å². The van der Waals surface area contributed by atoms with Gasteiger partial charge in [0.1, 0.15) is 6.61 Å². The molecule has 0 saturated carbocycles. The van der Waals surface area contributed by atoms with Crippen LogP contribution >= 0.6 is 0 Å². The van der Waals surface area contributed by atoms with Gasteiger partial charge in [0.25, 0.3) is 0 Å². The van der Waals surface area contributed by atoms with Gasteiger partial charge in [-0.25, -0.2) is 0 Å². The number of hydrogen-bond donors (Lipinski definition) is 0. The lowest BCUT2D eigenvalue weighted by atomic mass is 10.0. The molecule has 5 nitrogen and oxygen atoms in total. The fourth-order valence-electron chi connectivity index (χ4n) is 2.50. The predicted octanol–water partition coefficient (Wildman–Crippen LogP) is 4.73. The molecule has 0 atom stereocenters. The van der Waals surface area contributed by atoms with Gasteiger partial charge < -0.3 is 18.9 Å². The molecule has 0 radical (unpaired) electrons. The normalized spacial score (nSPS) is 10.7. The van der Waals surface area contributed by atoms with Crippen molar-refractivity contribution in [3.8, 4) is 29.1 Å². The van der Waals surface area contributed by atoms with Crippen LogP contribution in [0.1, 0.15) is 18.1 Å². The van der Waals surface area contributed by atoms with E-state index in [-0.39, 0.29) is 0 Å². The van der Waals surface area contributed by atoms with E-state index in [4.69, 9.17) is 18.9 Å². The molecular weight excluding hydrogens is 342 g/mol. The molecule has 2 aromatic rings. The smallest absolute Gasteiger partial charge is 0.161 e. The first-order valence-corrected chi connectivity index (χ1v) is 8.51. The molecule has 0 heterocycles. The third-order valence-electron chi connectivity index (χ3n) is 3.75. The molecule has 0 saturated heterocycles. The van der Waals surface area contributed by atoms with E-state index in [2.05, 4.69) is 12.6 Å². The molecule has 2 aromatic carbocycles. The monoisotopic (exact) mass is 365 g/mol. The number of rotatable bonds is 9. The first kappa shape index (κ1) is 19.9. The number of benzene rings is 2. The highest BCUT2D eigenvalue weighted by Crippen LogP contribution is 2.33. The Labute approximate surface area is 160 Å². The van der Waals surface area contributed by atoms with Crippen LogP contribution in [0.3, 0.4) is 0 Å². The van der Waals surface area contributed by atoms with Gasteiger partial charge in [-0.05, 0) is 54.5 Å². The molecule has 0 aliphatic carbocycles. The zero-order valence-electron chi connectivity index (χ0n) is 15.8. The Bertz CT molecular complexity index is 865. The van der Waals surface area contributed by atoms with Crippen LogP contribution in [0.2, 0.25) is 0 Å². The van der Waals surface area contributed by atoms with Crippen LogP contribution in [0.25, 0.3) is 11.6 Å². The summed E-state index contributed by atoms with van der Waals surface area (Å²) in [5, 5.41) is 9.62. The average Bonchev–Trinajstić information content (AvgIpc) is 2.71. The van der Waals surface area contributed by atoms with Crippen molar-refractivity contribution in [3.05, 3.63) is 60.2 Å². The lowest BCUT2D eigenvalue weighted by Crippen LogP contribution is -1.99. The summed E-state index contributed by atoms with van der Waals surface area (Å²) in [7, 11) is 3.14. The highest BCUT2D eigenvalue weighted by atomic mass is 16.5. The lowest BCUT2D eigenvalue weighted by molar-refractivity contribution is 0.297. The van der Waals surface area contributed by atoms with Gasteiger partial charge in [0.15, 0.2) is 23.0 Å². The lowest BCUT2D eigenvalue weighted by Gasteiger charge is -2.12. The number of allylic oxidation sites excluding steroid dienone is 1. The Morgan fingerprint density at radius 3 is 2.37 bits per heavy atom. The number of hydrogen-bond acceptors (Lipinski definition) is 5. The summed E-state index contributed by atoms with van der Waals surface area (Å²) in [4.78, 5) is 0. The molecule has 0 amide bonds. The largest absolute Gasteiger partial charge is 0.493 e. The Morgan fingerprint density at radius 1 is 1.00 bits per heavy atom. The number of nitriles is 1. The minimum absolute atomic E-state index is 0.393. The maximum Gasteiger partial charge on any atom is 0.161 e. The third kappa shape index (κ3) is 5.05. The van der Waals surface area contributed by atoms with Crippen molar-refractivity contribution >= 4 is 11.6 Å². The van der Waals surface area contributed by atoms with Crippen molar-refractivity contribution in [2.24, 2.45) is 0 Å². The maximum atomic E-state index is 9.62. The quantitative estimate of drug-likeness (QED) is 0.365. The minimum Gasteiger partial charge on any atom is -0.493 e. The molecule has 0 unspecified atom stereocenters. The summed E-state index contributed by atoms with van der Waals surface area (Å²) in [5.74, 6) is 2.44. The van der Waals surface area contributed by atoms with Crippen LogP contribution in [0, 0.1) is 11.3 Å². The zero-order chi connectivity index (χ0) is 19.6. The molecule has 0 bridgehead atoms. The molecule has 0 fully saturated rings. The zero-order valence-corrected chi connectivity index (χ0v) is 15.8. The van der Waals surface area contributed by atoms with Gasteiger partial charge in [0, 0.05) is 0 Å². The van der Waals surface area contributed by atoms with Crippen LogP contribution < -0.4 is 18.9 Å². The molecule has 5 heteroatoms. The van der Waals surface area contributed by atoms with Crippen molar-refractivity contribution in [2.45, 2.75) is 6.92 Å². The average molecular weight is 365 g/mol. The van der Waals surface area contributed by atoms with Crippen LogP contribution in [0.4, 0.5) is 0 Å². The second-order valence-corrected chi connectivity index (χ2v) is 5.48. The van der Waals surface area contributed by atoms with Crippen molar-refractivity contribution in [1.82, 2.24) is 0 Å². The molecule has 2 rings (SSSR count). The van der Waals surface area contributed by atoms with E-state index >= 15 is 0 Å². The molecule has 0 aromatic heterocycles. The third-order valence-corrected chi connectivity index (χ3v) is 3.75. The molecule has 0 N–H and O–H groups in total. The highest BCUT2D eigenvalue weighted by molar-refractivity contribution is 5.90. The van der Waals surface area contributed by atoms with Gasteiger partial charge in [-0.1, -0.05) is 18.7 Å². The fourth-order valence-corrected chi connectivity index (χ4v) is 2.50. The molecule has 27 heavy (non-hydrogen) atoms. The van der Waals surface area contributed by atoms with E-state index in [1.54, 1.807) is 38.5 Å². The number of ether oxygens (including phenoxy) is 4. The van der Waals surface area contributed by atoms with Gasteiger partial charge in [-0.15, -0.1) is 0 Å².